The topological polar surface area (TPSA) is 73.6 Å². The minimum absolute atomic E-state index is 0.193. The Labute approximate surface area is 128 Å². The Morgan fingerprint density at radius 3 is 2.52 bits per heavy atom. The van der Waals surface area contributed by atoms with E-state index in [1.165, 1.54) is 6.07 Å². The zero-order valence-electron chi connectivity index (χ0n) is 12.0. The summed E-state index contributed by atoms with van der Waals surface area (Å²) in [6.07, 6.45) is -3.61. The van der Waals surface area contributed by atoms with E-state index < -0.39 is 11.7 Å². The molecule has 2 aromatic heterocycles. The maximum atomic E-state index is 12.5. The van der Waals surface area contributed by atoms with Gasteiger partial charge in [0.05, 0.1) is 22.6 Å². The molecular formula is C15H13F3N4O. The van der Waals surface area contributed by atoms with Crippen LogP contribution in [0.1, 0.15) is 24.1 Å². The Morgan fingerprint density at radius 2 is 1.87 bits per heavy atom. The molecule has 5 nitrogen and oxygen atoms in total. The fourth-order valence-corrected chi connectivity index (χ4v) is 2.27. The molecule has 3 aromatic rings. The smallest absolute Gasteiger partial charge is 0.364 e. The van der Waals surface area contributed by atoms with E-state index in [0.717, 1.165) is 17.8 Å². The molecule has 0 aliphatic carbocycles. The second-order valence-corrected chi connectivity index (χ2v) is 5.18. The number of aromatic amines is 2. The molecule has 0 amide bonds. The summed E-state index contributed by atoms with van der Waals surface area (Å²) >= 11 is 0. The molecule has 0 bridgehead atoms. The van der Waals surface area contributed by atoms with Crippen molar-refractivity contribution in [1.82, 2.24) is 15.0 Å². The third-order valence-corrected chi connectivity index (χ3v) is 3.50. The molecule has 0 fully saturated rings. The number of halogens is 3. The van der Waals surface area contributed by atoms with Gasteiger partial charge in [0, 0.05) is 6.20 Å². The molecule has 0 saturated heterocycles. The fraction of sp³-hybridized carbons (Fsp3) is 0.200. The van der Waals surface area contributed by atoms with E-state index in [9.17, 15) is 18.0 Å². The van der Waals surface area contributed by atoms with Crippen molar-refractivity contribution >= 4 is 16.9 Å². The summed E-state index contributed by atoms with van der Waals surface area (Å²) in [5, 5.41) is 3.03. The van der Waals surface area contributed by atoms with E-state index in [0.29, 0.717) is 16.9 Å². The monoisotopic (exact) mass is 322 g/mol. The predicted octanol–water partition coefficient (Wildman–Crippen LogP) is 3.44. The van der Waals surface area contributed by atoms with Crippen molar-refractivity contribution in [1.29, 1.82) is 0 Å². The van der Waals surface area contributed by atoms with Crippen molar-refractivity contribution in [2.24, 2.45) is 0 Å². The molecule has 0 aliphatic heterocycles. The standard InChI is InChI=1S/C15H13F3N4O/c1-8(9-2-4-11-12(6-9)22-14(23)21-11)20-13-5-3-10(7-19-13)15(16,17)18/h2-8H,1H3,(H,19,20)(H2,21,22,23). The minimum atomic E-state index is -4.40. The highest BCUT2D eigenvalue weighted by molar-refractivity contribution is 5.75. The highest BCUT2D eigenvalue weighted by Crippen LogP contribution is 2.29. The molecule has 1 atom stereocenters. The van der Waals surface area contributed by atoms with E-state index in [1.807, 2.05) is 13.0 Å². The molecule has 0 aliphatic rings. The van der Waals surface area contributed by atoms with Crippen LogP contribution in [-0.2, 0) is 6.18 Å². The van der Waals surface area contributed by atoms with Crippen LogP contribution in [0.15, 0.2) is 41.3 Å². The Bertz CT molecular complexity index is 880. The lowest BCUT2D eigenvalue weighted by atomic mass is 10.1. The molecular weight excluding hydrogens is 309 g/mol. The number of nitrogens with one attached hydrogen (secondary N) is 3. The van der Waals surface area contributed by atoms with Gasteiger partial charge in [-0.25, -0.2) is 9.78 Å². The molecule has 8 heteroatoms. The molecule has 2 heterocycles. The van der Waals surface area contributed by atoms with Gasteiger partial charge >= 0.3 is 11.9 Å². The van der Waals surface area contributed by atoms with Gasteiger partial charge in [-0.3, -0.25) is 0 Å². The first-order valence-electron chi connectivity index (χ1n) is 6.84. The zero-order valence-corrected chi connectivity index (χ0v) is 12.0. The van der Waals surface area contributed by atoms with E-state index in [2.05, 4.69) is 20.3 Å². The van der Waals surface area contributed by atoms with Crippen LogP contribution in [0.2, 0.25) is 0 Å². The molecule has 0 saturated carbocycles. The summed E-state index contributed by atoms with van der Waals surface area (Å²) in [6.45, 7) is 1.85. The molecule has 0 radical (unpaired) electrons. The molecule has 23 heavy (non-hydrogen) atoms. The summed E-state index contributed by atoms with van der Waals surface area (Å²) in [6, 6.07) is 7.47. The van der Waals surface area contributed by atoms with E-state index >= 15 is 0 Å². The summed E-state index contributed by atoms with van der Waals surface area (Å²) in [5.41, 5.74) is 1.15. The fourth-order valence-electron chi connectivity index (χ4n) is 2.27. The number of hydrogen-bond acceptors (Lipinski definition) is 3. The number of anilines is 1. The molecule has 1 aromatic carbocycles. The van der Waals surface area contributed by atoms with E-state index in [-0.39, 0.29) is 11.7 Å². The van der Waals surface area contributed by atoms with Crippen LogP contribution in [0.4, 0.5) is 19.0 Å². The lowest BCUT2D eigenvalue weighted by molar-refractivity contribution is -0.137. The number of benzene rings is 1. The quantitative estimate of drug-likeness (QED) is 0.691. The zero-order chi connectivity index (χ0) is 16.6. The van der Waals surface area contributed by atoms with Gasteiger partial charge in [-0.05, 0) is 36.8 Å². The summed E-state index contributed by atoms with van der Waals surface area (Å²) in [5.74, 6) is 0.341. The van der Waals surface area contributed by atoms with Crippen LogP contribution < -0.4 is 11.0 Å². The molecule has 3 rings (SSSR count). The average Bonchev–Trinajstić information content (AvgIpc) is 2.85. The van der Waals surface area contributed by atoms with Crippen molar-refractivity contribution in [2.45, 2.75) is 19.1 Å². The number of H-pyrrole nitrogens is 2. The van der Waals surface area contributed by atoms with Gasteiger partial charge in [0.1, 0.15) is 5.82 Å². The van der Waals surface area contributed by atoms with Crippen molar-refractivity contribution in [2.75, 3.05) is 5.32 Å². The van der Waals surface area contributed by atoms with Gasteiger partial charge in [0.2, 0.25) is 0 Å². The first-order chi connectivity index (χ1) is 10.8. The van der Waals surface area contributed by atoms with Crippen molar-refractivity contribution in [3.63, 3.8) is 0 Å². The van der Waals surface area contributed by atoms with Gasteiger partial charge in [0.25, 0.3) is 0 Å². The molecule has 120 valence electrons. The number of rotatable bonds is 3. The first kappa shape index (κ1) is 15.1. The van der Waals surface area contributed by atoms with Crippen LogP contribution in [0.3, 0.4) is 0 Å². The number of aromatic nitrogens is 3. The van der Waals surface area contributed by atoms with Gasteiger partial charge in [-0.1, -0.05) is 6.07 Å². The van der Waals surface area contributed by atoms with Crippen LogP contribution in [0.5, 0.6) is 0 Å². The maximum Gasteiger partial charge on any atom is 0.417 e. The number of hydrogen-bond donors (Lipinski definition) is 3. The lowest BCUT2D eigenvalue weighted by Crippen LogP contribution is -2.10. The van der Waals surface area contributed by atoms with Crippen LogP contribution in [0.25, 0.3) is 11.0 Å². The predicted molar refractivity (Wildman–Crippen MR) is 80.2 cm³/mol. The second-order valence-electron chi connectivity index (χ2n) is 5.18. The summed E-state index contributed by atoms with van der Waals surface area (Å²) in [4.78, 5) is 20.3. The first-order valence-corrected chi connectivity index (χ1v) is 6.84. The maximum absolute atomic E-state index is 12.5. The highest BCUT2D eigenvalue weighted by Gasteiger charge is 2.30. The number of nitrogens with zero attached hydrogens (tertiary/aromatic N) is 1. The average molecular weight is 322 g/mol. The minimum Gasteiger partial charge on any atom is -0.364 e. The normalized spacial score (nSPS) is 13.2. The number of imidazole rings is 1. The third kappa shape index (κ3) is 3.20. The SMILES string of the molecule is CC(Nc1ccc(C(F)(F)F)cn1)c1ccc2[nH]c(=O)[nH]c2c1. The summed E-state index contributed by atoms with van der Waals surface area (Å²) in [7, 11) is 0. The Morgan fingerprint density at radius 1 is 1.13 bits per heavy atom. The van der Waals surface area contributed by atoms with Crippen LogP contribution in [-0.4, -0.2) is 15.0 Å². The Kier molecular flexibility index (Phi) is 3.59. The Hall–Kier alpha value is -2.77. The van der Waals surface area contributed by atoms with E-state index in [4.69, 9.17) is 0 Å². The highest BCUT2D eigenvalue weighted by atomic mass is 19.4. The number of pyridine rings is 1. The van der Waals surface area contributed by atoms with Crippen LogP contribution >= 0.6 is 0 Å². The van der Waals surface area contributed by atoms with E-state index in [1.54, 1.807) is 12.1 Å². The Balaban J connectivity index is 1.79. The number of fused-ring (bicyclic) bond motifs is 1. The second kappa shape index (κ2) is 5.45. The van der Waals surface area contributed by atoms with Crippen molar-refractivity contribution in [3.8, 4) is 0 Å². The number of alkyl halides is 3. The van der Waals surface area contributed by atoms with Gasteiger partial charge in [-0.15, -0.1) is 0 Å². The van der Waals surface area contributed by atoms with Gasteiger partial charge in [-0.2, -0.15) is 13.2 Å². The molecule has 3 N–H and O–H groups in total. The summed E-state index contributed by atoms with van der Waals surface area (Å²) < 4.78 is 37.5. The largest absolute Gasteiger partial charge is 0.417 e. The van der Waals surface area contributed by atoms with Crippen molar-refractivity contribution in [3.05, 3.63) is 58.1 Å². The molecule has 0 spiro atoms. The van der Waals surface area contributed by atoms with Gasteiger partial charge < -0.3 is 15.3 Å². The third-order valence-electron chi connectivity index (χ3n) is 3.50. The van der Waals surface area contributed by atoms with Crippen molar-refractivity contribution < 1.29 is 13.2 Å². The van der Waals surface area contributed by atoms with Gasteiger partial charge in [0.15, 0.2) is 0 Å². The lowest BCUT2D eigenvalue weighted by Gasteiger charge is -2.15. The molecule has 1 unspecified atom stereocenters. The van der Waals surface area contributed by atoms with Crippen LogP contribution in [0, 0.1) is 0 Å².